The molecule has 0 saturated carbocycles. The lowest BCUT2D eigenvalue weighted by Gasteiger charge is -2.34. The first-order valence-electron chi connectivity index (χ1n) is 10.1. The van der Waals surface area contributed by atoms with E-state index in [-0.39, 0.29) is 17.9 Å². The summed E-state index contributed by atoms with van der Waals surface area (Å²) in [5.41, 5.74) is 2.11. The van der Waals surface area contributed by atoms with Gasteiger partial charge in [0.15, 0.2) is 6.10 Å². The van der Waals surface area contributed by atoms with E-state index in [1.165, 1.54) is 0 Å². The van der Waals surface area contributed by atoms with E-state index in [2.05, 4.69) is 24.5 Å². The van der Waals surface area contributed by atoms with Crippen LogP contribution in [-0.2, 0) is 14.3 Å². The second-order valence-electron chi connectivity index (χ2n) is 8.07. The number of aromatic nitrogens is 2. The van der Waals surface area contributed by atoms with Crippen LogP contribution < -0.4 is 0 Å². The molecule has 0 spiro atoms. The Morgan fingerprint density at radius 2 is 1.93 bits per heavy atom. The van der Waals surface area contributed by atoms with E-state index in [1.807, 2.05) is 23.1 Å². The fraction of sp³-hybridized carbons (Fsp3) is 0.571. The summed E-state index contributed by atoms with van der Waals surface area (Å²) in [7, 11) is 0. The molecule has 0 aliphatic carbocycles. The van der Waals surface area contributed by atoms with Crippen LogP contribution >= 0.6 is 0 Å². The SMILES string of the molecule is CC(C)n1c(C2CCCN(C(=O)[C@@H]3CC[C@H](C(=O)O)O3)C2)nc2ccccc21. The number of hydrogen-bond acceptors (Lipinski definition) is 4. The highest BCUT2D eigenvalue weighted by atomic mass is 16.5. The van der Waals surface area contributed by atoms with Crippen molar-refractivity contribution in [1.82, 2.24) is 14.5 Å². The van der Waals surface area contributed by atoms with Gasteiger partial charge in [-0.25, -0.2) is 9.78 Å². The van der Waals surface area contributed by atoms with E-state index in [9.17, 15) is 9.59 Å². The van der Waals surface area contributed by atoms with Gasteiger partial charge in [-0.2, -0.15) is 0 Å². The number of hydrogen-bond donors (Lipinski definition) is 1. The van der Waals surface area contributed by atoms with Gasteiger partial charge in [0.1, 0.15) is 11.9 Å². The lowest BCUT2D eigenvalue weighted by atomic mass is 9.96. The average molecular weight is 385 g/mol. The Morgan fingerprint density at radius 1 is 1.18 bits per heavy atom. The van der Waals surface area contributed by atoms with Crippen molar-refractivity contribution in [3.8, 4) is 0 Å². The Hall–Kier alpha value is -2.41. The van der Waals surface area contributed by atoms with Gasteiger partial charge in [-0.3, -0.25) is 4.79 Å². The maximum atomic E-state index is 12.9. The van der Waals surface area contributed by atoms with Crippen LogP contribution in [0, 0.1) is 0 Å². The van der Waals surface area contributed by atoms with Gasteiger partial charge in [-0.15, -0.1) is 0 Å². The van der Waals surface area contributed by atoms with Gasteiger partial charge in [-0.1, -0.05) is 12.1 Å². The normalized spacial score (nSPS) is 25.5. The van der Waals surface area contributed by atoms with E-state index in [1.54, 1.807) is 0 Å². The lowest BCUT2D eigenvalue weighted by molar-refractivity contribution is -0.155. The molecule has 2 fully saturated rings. The minimum atomic E-state index is -0.988. The number of carbonyl (C=O) groups is 2. The zero-order valence-corrected chi connectivity index (χ0v) is 16.4. The first-order chi connectivity index (χ1) is 13.5. The Bertz CT molecular complexity index is 891. The molecule has 2 saturated heterocycles. The number of rotatable bonds is 4. The van der Waals surface area contributed by atoms with Crippen LogP contribution in [0.5, 0.6) is 0 Å². The van der Waals surface area contributed by atoms with Crippen molar-refractivity contribution in [2.45, 2.75) is 63.7 Å². The standard InChI is InChI=1S/C21H27N3O4/c1-13(2)24-16-8-4-3-7-15(16)22-19(24)14-6-5-11-23(12-14)20(25)17-9-10-18(28-17)21(26)27/h3-4,7-8,13-14,17-18H,5-6,9-12H2,1-2H3,(H,26,27)/t14?,17-,18+/m0/s1. The predicted molar refractivity (Wildman–Crippen MR) is 104 cm³/mol. The molecule has 0 bridgehead atoms. The van der Waals surface area contributed by atoms with Gasteiger partial charge >= 0.3 is 5.97 Å². The molecule has 0 radical (unpaired) electrons. The first-order valence-corrected chi connectivity index (χ1v) is 10.1. The monoisotopic (exact) mass is 385 g/mol. The fourth-order valence-electron chi connectivity index (χ4n) is 4.49. The van der Waals surface area contributed by atoms with Crippen molar-refractivity contribution < 1.29 is 19.4 Å². The van der Waals surface area contributed by atoms with Crippen molar-refractivity contribution in [3.05, 3.63) is 30.1 Å². The highest BCUT2D eigenvalue weighted by Gasteiger charge is 2.38. The molecule has 7 nitrogen and oxygen atoms in total. The number of ether oxygens (including phenoxy) is 1. The van der Waals surface area contributed by atoms with Crippen molar-refractivity contribution in [2.75, 3.05) is 13.1 Å². The summed E-state index contributed by atoms with van der Waals surface area (Å²) in [6.45, 7) is 5.60. The zero-order chi connectivity index (χ0) is 19.8. The number of likely N-dealkylation sites (tertiary alicyclic amines) is 1. The number of aliphatic carboxylic acids is 1. The molecule has 1 aromatic carbocycles. The summed E-state index contributed by atoms with van der Waals surface area (Å²) in [6.07, 6.45) is 1.27. The molecule has 1 unspecified atom stereocenters. The number of imidazole rings is 1. The molecular weight excluding hydrogens is 358 g/mol. The quantitative estimate of drug-likeness (QED) is 0.875. The summed E-state index contributed by atoms with van der Waals surface area (Å²) < 4.78 is 7.76. The van der Waals surface area contributed by atoms with Crippen LogP contribution in [0.1, 0.15) is 57.3 Å². The molecule has 4 rings (SSSR count). The third-order valence-electron chi connectivity index (χ3n) is 5.81. The van der Waals surface area contributed by atoms with E-state index < -0.39 is 18.2 Å². The molecule has 150 valence electrons. The van der Waals surface area contributed by atoms with Crippen LogP contribution in [0.25, 0.3) is 11.0 Å². The molecular formula is C21H27N3O4. The fourth-order valence-corrected chi connectivity index (χ4v) is 4.49. The summed E-state index contributed by atoms with van der Waals surface area (Å²) in [5, 5.41) is 9.10. The van der Waals surface area contributed by atoms with Crippen LogP contribution in [0.3, 0.4) is 0 Å². The Labute approximate surface area is 164 Å². The number of para-hydroxylation sites is 2. The van der Waals surface area contributed by atoms with Crippen LogP contribution in [0.15, 0.2) is 24.3 Å². The van der Waals surface area contributed by atoms with Crippen molar-refractivity contribution in [1.29, 1.82) is 0 Å². The smallest absolute Gasteiger partial charge is 0.332 e. The third kappa shape index (κ3) is 3.39. The molecule has 7 heteroatoms. The van der Waals surface area contributed by atoms with Crippen molar-refractivity contribution >= 4 is 22.9 Å². The largest absolute Gasteiger partial charge is 0.479 e. The third-order valence-corrected chi connectivity index (χ3v) is 5.81. The summed E-state index contributed by atoms with van der Waals surface area (Å²) >= 11 is 0. The lowest BCUT2D eigenvalue weighted by Crippen LogP contribution is -2.45. The van der Waals surface area contributed by atoms with Crippen molar-refractivity contribution in [3.63, 3.8) is 0 Å². The maximum absolute atomic E-state index is 12.9. The van der Waals surface area contributed by atoms with E-state index >= 15 is 0 Å². The van der Waals surface area contributed by atoms with Gasteiger partial charge in [0.05, 0.1) is 11.0 Å². The maximum Gasteiger partial charge on any atom is 0.332 e. The Kier molecular flexibility index (Phi) is 5.10. The van der Waals surface area contributed by atoms with Gasteiger partial charge in [0.2, 0.25) is 0 Å². The zero-order valence-electron chi connectivity index (χ0n) is 16.4. The number of carbonyl (C=O) groups excluding carboxylic acids is 1. The van der Waals surface area contributed by atoms with Gasteiger partial charge in [-0.05, 0) is 51.7 Å². The highest BCUT2D eigenvalue weighted by Crippen LogP contribution is 2.32. The second kappa shape index (κ2) is 7.54. The molecule has 1 amide bonds. The van der Waals surface area contributed by atoms with Gasteiger partial charge < -0.3 is 19.3 Å². The number of benzene rings is 1. The first kappa shape index (κ1) is 18.9. The van der Waals surface area contributed by atoms with E-state index in [4.69, 9.17) is 14.8 Å². The number of carboxylic acid groups (broad SMARTS) is 1. The van der Waals surface area contributed by atoms with Crippen molar-refractivity contribution in [2.24, 2.45) is 0 Å². The number of carboxylic acids is 1. The van der Waals surface area contributed by atoms with Crippen LogP contribution in [0.2, 0.25) is 0 Å². The molecule has 2 aliphatic rings. The van der Waals surface area contributed by atoms with Gasteiger partial charge in [0, 0.05) is 25.0 Å². The number of fused-ring (bicyclic) bond motifs is 1. The minimum Gasteiger partial charge on any atom is -0.479 e. The molecule has 1 N–H and O–H groups in total. The number of amides is 1. The number of piperidine rings is 1. The minimum absolute atomic E-state index is 0.0827. The average Bonchev–Trinajstić information content (AvgIpc) is 3.32. The molecule has 2 aromatic rings. The Balaban J connectivity index is 1.55. The summed E-state index contributed by atoms with van der Waals surface area (Å²) in [6, 6.07) is 8.43. The molecule has 1 aromatic heterocycles. The predicted octanol–water partition coefficient (Wildman–Crippen LogP) is 2.96. The van der Waals surface area contributed by atoms with Crippen LogP contribution in [-0.4, -0.2) is 56.7 Å². The summed E-state index contributed by atoms with van der Waals surface area (Å²) in [4.78, 5) is 30.8. The van der Waals surface area contributed by atoms with E-state index in [0.717, 1.165) is 29.7 Å². The molecule has 28 heavy (non-hydrogen) atoms. The highest BCUT2D eigenvalue weighted by molar-refractivity contribution is 5.83. The number of nitrogens with zero attached hydrogens (tertiary/aromatic N) is 3. The van der Waals surface area contributed by atoms with Gasteiger partial charge in [0.25, 0.3) is 5.91 Å². The second-order valence-corrected chi connectivity index (χ2v) is 8.07. The Morgan fingerprint density at radius 3 is 2.64 bits per heavy atom. The molecule has 3 atom stereocenters. The molecule has 2 aliphatic heterocycles. The van der Waals surface area contributed by atoms with E-state index in [0.29, 0.717) is 25.9 Å². The topological polar surface area (TPSA) is 84.7 Å². The molecule has 3 heterocycles. The van der Waals surface area contributed by atoms with Crippen LogP contribution in [0.4, 0.5) is 0 Å². The summed E-state index contributed by atoms with van der Waals surface area (Å²) in [5.74, 6) is 0.131.